The van der Waals surface area contributed by atoms with Gasteiger partial charge in [-0.05, 0) is 73.0 Å². The molecule has 0 saturated heterocycles. The standard InChI is InChI=1S/C20H24ClNO/c1-23-20-9-6-14(11-19(20)21)10-18(13-22)17-8-7-15-4-2-3-5-16(15)12-17/h6-9,11-12,18H,2-5,10,13,22H2,1H3. The summed E-state index contributed by atoms with van der Waals surface area (Å²) < 4.78 is 5.22. The molecule has 3 rings (SSSR count). The molecule has 0 radical (unpaired) electrons. The second-order valence-corrected chi connectivity index (χ2v) is 6.75. The molecule has 1 aliphatic rings. The van der Waals surface area contributed by atoms with E-state index in [4.69, 9.17) is 22.1 Å². The van der Waals surface area contributed by atoms with Crippen molar-refractivity contribution in [3.05, 3.63) is 63.7 Å². The fourth-order valence-electron chi connectivity index (χ4n) is 3.47. The number of hydrogen-bond donors (Lipinski definition) is 1. The number of fused-ring (bicyclic) bond motifs is 1. The molecule has 2 N–H and O–H groups in total. The number of halogens is 1. The fourth-order valence-corrected chi connectivity index (χ4v) is 3.75. The Morgan fingerprint density at radius 3 is 2.57 bits per heavy atom. The zero-order valence-electron chi connectivity index (χ0n) is 13.6. The lowest BCUT2D eigenvalue weighted by molar-refractivity contribution is 0.415. The van der Waals surface area contributed by atoms with Crippen LogP contribution in [-0.2, 0) is 19.3 Å². The maximum Gasteiger partial charge on any atom is 0.137 e. The van der Waals surface area contributed by atoms with Crippen LogP contribution in [0.15, 0.2) is 36.4 Å². The van der Waals surface area contributed by atoms with Gasteiger partial charge in [-0.2, -0.15) is 0 Å². The molecule has 0 spiro atoms. The highest BCUT2D eigenvalue weighted by Crippen LogP contribution is 2.30. The Morgan fingerprint density at radius 2 is 1.87 bits per heavy atom. The van der Waals surface area contributed by atoms with Crippen molar-refractivity contribution in [3.8, 4) is 5.75 Å². The summed E-state index contributed by atoms with van der Waals surface area (Å²) in [5.41, 5.74) is 11.6. The van der Waals surface area contributed by atoms with Crippen LogP contribution >= 0.6 is 11.6 Å². The van der Waals surface area contributed by atoms with Gasteiger partial charge in [0.15, 0.2) is 0 Å². The Morgan fingerprint density at radius 1 is 1.09 bits per heavy atom. The minimum atomic E-state index is 0.326. The quantitative estimate of drug-likeness (QED) is 0.875. The van der Waals surface area contributed by atoms with Crippen LogP contribution in [0.5, 0.6) is 5.75 Å². The summed E-state index contributed by atoms with van der Waals surface area (Å²) in [5.74, 6) is 1.04. The molecule has 1 atom stereocenters. The minimum absolute atomic E-state index is 0.326. The topological polar surface area (TPSA) is 35.2 Å². The van der Waals surface area contributed by atoms with Crippen molar-refractivity contribution in [2.45, 2.75) is 38.0 Å². The van der Waals surface area contributed by atoms with Crippen molar-refractivity contribution in [2.75, 3.05) is 13.7 Å². The Labute approximate surface area is 143 Å². The Hall–Kier alpha value is -1.51. The van der Waals surface area contributed by atoms with Crippen LogP contribution < -0.4 is 10.5 Å². The van der Waals surface area contributed by atoms with Crippen LogP contribution in [0.2, 0.25) is 5.02 Å². The summed E-state index contributed by atoms with van der Waals surface area (Å²) in [4.78, 5) is 0. The molecule has 2 nitrogen and oxygen atoms in total. The summed E-state index contributed by atoms with van der Waals surface area (Å²) in [6.07, 6.45) is 5.94. The van der Waals surface area contributed by atoms with Crippen LogP contribution in [-0.4, -0.2) is 13.7 Å². The molecule has 0 aromatic heterocycles. The van der Waals surface area contributed by atoms with Crippen molar-refractivity contribution in [3.63, 3.8) is 0 Å². The van der Waals surface area contributed by atoms with Gasteiger partial charge in [0.05, 0.1) is 12.1 Å². The van der Waals surface area contributed by atoms with Crippen LogP contribution in [0.4, 0.5) is 0 Å². The first-order valence-electron chi connectivity index (χ1n) is 8.35. The third kappa shape index (κ3) is 3.70. The number of ether oxygens (including phenoxy) is 1. The normalized spacial score (nSPS) is 15.1. The third-order valence-electron chi connectivity index (χ3n) is 4.83. The van der Waals surface area contributed by atoms with Gasteiger partial charge in [0.2, 0.25) is 0 Å². The van der Waals surface area contributed by atoms with Crippen molar-refractivity contribution < 1.29 is 4.74 Å². The monoisotopic (exact) mass is 329 g/mol. The molecule has 1 unspecified atom stereocenters. The van der Waals surface area contributed by atoms with Gasteiger partial charge in [-0.15, -0.1) is 0 Å². The van der Waals surface area contributed by atoms with Gasteiger partial charge in [0, 0.05) is 5.92 Å². The smallest absolute Gasteiger partial charge is 0.137 e. The number of rotatable bonds is 5. The van der Waals surface area contributed by atoms with E-state index in [1.807, 2.05) is 12.1 Å². The summed E-state index contributed by atoms with van der Waals surface area (Å²) in [5, 5.41) is 0.659. The number of aryl methyl sites for hydroxylation is 2. The first kappa shape index (κ1) is 16.4. The third-order valence-corrected chi connectivity index (χ3v) is 5.12. The maximum atomic E-state index is 6.24. The molecule has 2 aromatic rings. The molecule has 23 heavy (non-hydrogen) atoms. The molecule has 0 aliphatic heterocycles. The zero-order valence-corrected chi connectivity index (χ0v) is 14.4. The highest BCUT2D eigenvalue weighted by atomic mass is 35.5. The van der Waals surface area contributed by atoms with Crippen LogP contribution in [0.25, 0.3) is 0 Å². The summed E-state index contributed by atoms with van der Waals surface area (Å²) >= 11 is 6.24. The Balaban J connectivity index is 1.81. The fraction of sp³-hybridized carbons (Fsp3) is 0.400. The molecule has 0 fully saturated rings. The number of methoxy groups -OCH3 is 1. The van der Waals surface area contributed by atoms with Gasteiger partial charge >= 0.3 is 0 Å². The molecule has 0 saturated carbocycles. The van der Waals surface area contributed by atoms with Crippen molar-refractivity contribution in [1.82, 2.24) is 0 Å². The second kappa shape index (κ2) is 7.37. The molecular formula is C20H24ClNO. The Bertz CT molecular complexity index is 683. The van der Waals surface area contributed by atoms with Gasteiger partial charge in [-0.3, -0.25) is 0 Å². The first-order chi connectivity index (χ1) is 11.2. The lowest BCUT2D eigenvalue weighted by Crippen LogP contribution is -2.16. The van der Waals surface area contributed by atoms with Crippen molar-refractivity contribution in [2.24, 2.45) is 5.73 Å². The van der Waals surface area contributed by atoms with Crippen LogP contribution in [0.1, 0.15) is 41.0 Å². The lowest BCUT2D eigenvalue weighted by Gasteiger charge is -2.21. The van der Waals surface area contributed by atoms with Crippen molar-refractivity contribution >= 4 is 11.6 Å². The van der Waals surface area contributed by atoms with E-state index in [1.54, 1.807) is 7.11 Å². The highest BCUT2D eigenvalue weighted by Gasteiger charge is 2.15. The molecule has 2 aromatic carbocycles. The minimum Gasteiger partial charge on any atom is -0.495 e. The predicted molar refractivity (Wildman–Crippen MR) is 96.6 cm³/mol. The average molecular weight is 330 g/mol. The van der Waals surface area contributed by atoms with E-state index in [2.05, 4.69) is 24.3 Å². The zero-order chi connectivity index (χ0) is 16.2. The summed E-state index contributed by atoms with van der Waals surface area (Å²) in [6.45, 7) is 0.641. The number of benzene rings is 2. The van der Waals surface area contributed by atoms with E-state index in [1.165, 1.54) is 47.9 Å². The maximum absolute atomic E-state index is 6.24. The predicted octanol–water partition coefficient (Wildman–Crippen LogP) is 4.51. The van der Waals surface area contributed by atoms with E-state index in [0.29, 0.717) is 23.2 Å². The van der Waals surface area contributed by atoms with E-state index in [0.717, 1.165) is 6.42 Å². The average Bonchev–Trinajstić information content (AvgIpc) is 2.59. The second-order valence-electron chi connectivity index (χ2n) is 6.34. The molecule has 0 amide bonds. The summed E-state index contributed by atoms with van der Waals surface area (Å²) in [7, 11) is 1.64. The highest BCUT2D eigenvalue weighted by molar-refractivity contribution is 6.32. The molecular weight excluding hydrogens is 306 g/mol. The molecule has 3 heteroatoms. The molecule has 0 bridgehead atoms. The first-order valence-corrected chi connectivity index (χ1v) is 8.73. The molecule has 0 heterocycles. The van der Waals surface area contributed by atoms with Gasteiger partial charge < -0.3 is 10.5 Å². The largest absolute Gasteiger partial charge is 0.495 e. The van der Waals surface area contributed by atoms with Gasteiger partial charge in [-0.1, -0.05) is 35.9 Å². The summed E-state index contributed by atoms with van der Waals surface area (Å²) in [6, 6.07) is 12.9. The van der Waals surface area contributed by atoms with Crippen LogP contribution in [0, 0.1) is 0 Å². The molecule has 122 valence electrons. The van der Waals surface area contributed by atoms with Gasteiger partial charge in [0.25, 0.3) is 0 Å². The van der Waals surface area contributed by atoms with Gasteiger partial charge in [0.1, 0.15) is 5.75 Å². The number of nitrogens with two attached hydrogens (primary N) is 1. The van der Waals surface area contributed by atoms with Crippen molar-refractivity contribution in [1.29, 1.82) is 0 Å². The Kier molecular flexibility index (Phi) is 5.24. The van der Waals surface area contributed by atoms with E-state index in [9.17, 15) is 0 Å². The lowest BCUT2D eigenvalue weighted by atomic mass is 9.85. The molecule has 1 aliphatic carbocycles. The van der Waals surface area contributed by atoms with E-state index in [-0.39, 0.29) is 0 Å². The van der Waals surface area contributed by atoms with Gasteiger partial charge in [-0.25, -0.2) is 0 Å². The van der Waals surface area contributed by atoms with E-state index < -0.39 is 0 Å². The SMILES string of the molecule is COc1ccc(CC(CN)c2ccc3c(c2)CCCC3)cc1Cl. The number of hydrogen-bond acceptors (Lipinski definition) is 2. The van der Waals surface area contributed by atoms with E-state index >= 15 is 0 Å². The van der Waals surface area contributed by atoms with Crippen LogP contribution in [0.3, 0.4) is 0 Å².